The van der Waals surface area contributed by atoms with Gasteiger partial charge in [0.25, 0.3) is 11.5 Å². The molecule has 1 N–H and O–H groups in total. The number of hydrogen-bond acceptors (Lipinski definition) is 3. The standard InChI is InChI=1S/C23H25N3O3/c1-2-6-17-9-11-19(12-10-17)29-16-22(27)25-14-13-21-20(15-25)23(28)26(24-21)18-7-4-3-5-8-18/h3-5,7-12,24H,2,6,13-16H2,1H3. The summed E-state index contributed by atoms with van der Waals surface area (Å²) in [4.78, 5) is 27.1. The number of ether oxygens (including phenoxy) is 1. The van der Waals surface area contributed by atoms with Crippen LogP contribution in [0.15, 0.2) is 59.4 Å². The first-order chi connectivity index (χ1) is 14.2. The van der Waals surface area contributed by atoms with Crippen molar-refractivity contribution < 1.29 is 9.53 Å². The summed E-state index contributed by atoms with van der Waals surface area (Å²) in [5.74, 6) is 0.573. The second kappa shape index (κ2) is 8.39. The molecule has 0 saturated heterocycles. The fourth-order valence-electron chi connectivity index (χ4n) is 3.65. The Morgan fingerprint density at radius 1 is 1.10 bits per heavy atom. The van der Waals surface area contributed by atoms with Gasteiger partial charge in [0.15, 0.2) is 6.61 Å². The Morgan fingerprint density at radius 3 is 2.59 bits per heavy atom. The number of aryl methyl sites for hydroxylation is 1. The zero-order valence-corrected chi connectivity index (χ0v) is 16.6. The van der Waals surface area contributed by atoms with Crippen LogP contribution in [0.1, 0.15) is 30.2 Å². The summed E-state index contributed by atoms with van der Waals surface area (Å²) in [5.41, 5.74) is 3.50. The van der Waals surface area contributed by atoms with Gasteiger partial charge in [-0.25, -0.2) is 4.68 Å². The lowest BCUT2D eigenvalue weighted by Gasteiger charge is -2.26. The largest absolute Gasteiger partial charge is 0.484 e. The number of hydrogen-bond donors (Lipinski definition) is 1. The van der Waals surface area contributed by atoms with Gasteiger partial charge in [-0.2, -0.15) is 0 Å². The van der Waals surface area contributed by atoms with Gasteiger partial charge in [-0.3, -0.25) is 14.7 Å². The lowest BCUT2D eigenvalue weighted by Crippen LogP contribution is -2.40. The molecule has 29 heavy (non-hydrogen) atoms. The molecule has 6 nitrogen and oxygen atoms in total. The molecule has 0 fully saturated rings. The van der Waals surface area contributed by atoms with Crippen LogP contribution in [0, 0.1) is 0 Å². The van der Waals surface area contributed by atoms with Crippen molar-refractivity contribution in [3.63, 3.8) is 0 Å². The van der Waals surface area contributed by atoms with Gasteiger partial charge < -0.3 is 9.64 Å². The molecule has 0 bridgehead atoms. The normalized spacial score (nSPS) is 13.2. The zero-order chi connectivity index (χ0) is 20.2. The number of nitrogens with one attached hydrogen (secondary N) is 1. The van der Waals surface area contributed by atoms with Gasteiger partial charge >= 0.3 is 0 Å². The van der Waals surface area contributed by atoms with Crippen LogP contribution in [0.4, 0.5) is 0 Å². The first-order valence-electron chi connectivity index (χ1n) is 10.0. The molecule has 0 atom stereocenters. The van der Waals surface area contributed by atoms with E-state index in [1.165, 1.54) is 5.56 Å². The molecule has 4 rings (SSSR count). The van der Waals surface area contributed by atoms with Crippen LogP contribution in [0.3, 0.4) is 0 Å². The van der Waals surface area contributed by atoms with Crippen LogP contribution in [0.25, 0.3) is 5.69 Å². The molecule has 1 aliphatic rings. The highest BCUT2D eigenvalue weighted by Gasteiger charge is 2.26. The fourth-order valence-corrected chi connectivity index (χ4v) is 3.65. The molecule has 0 saturated carbocycles. The molecular formula is C23H25N3O3. The van der Waals surface area contributed by atoms with Gasteiger partial charge in [0.2, 0.25) is 0 Å². The monoisotopic (exact) mass is 391 g/mol. The molecule has 1 amide bonds. The van der Waals surface area contributed by atoms with Crippen LogP contribution in [-0.4, -0.2) is 33.7 Å². The van der Waals surface area contributed by atoms with Crippen LogP contribution < -0.4 is 10.3 Å². The summed E-state index contributed by atoms with van der Waals surface area (Å²) >= 11 is 0. The topological polar surface area (TPSA) is 67.3 Å². The second-order valence-electron chi connectivity index (χ2n) is 7.29. The smallest absolute Gasteiger partial charge is 0.276 e. The number of benzene rings is 2. The van der Waals surface area contributed by atoms with Gasteiger partial charge in [-0.05, 0) is 36.2 Å². The average molecular weight is 391 g/mol. The van der Waals surface area contributed by atoms with E-state index >= 15 is 0 Å². The summed E-state index contributed by atoms with van der Waals surface area (Å²) in [6.45, 7) is 2.99. The molecule has 150 valence electrons. The number of H-pyrrole nitrogens is 1. The summed E-state index contributed by atoms with van der Waals surface area (Å²) in [6, 6.07) is 17.3. The minimum absolute atomic E-state index is 0.0280. The maximum Gasteiger partial charge on any atom is 0.276 e. The molecule has 3 aromatic rings. The molecule has 2 heterocycles. The first-order valence-corrected chi connectivity index (χ1v) is 10.0. The van der Waals surface area contributed by atoms with Crippen LogP contribution in [-0.2, 0) is 24.2 Å². The third kappa shape index (κ3) is 4.11. The van der Waals surface area contributed by atoms with Gasteiger partial charge in [0.1, 0.15) is 5.75 Å². The first kappa shape index (κ1) is 19.1. The van der Waals surface area contributed by atoms with E-state index in [-0.39, 0.29) is 18.1 Å². The summed E-state index contributed by atoms with van der Waals surface area (Å²) in [5, 5.41) is 3.19. The van der Waals surface area contributed by atoms with E-state index < -0.39 is 0 Å². The molecule has 6 heteroatoms. The van der Waals surface area contributed by atoms with Gasteiger partial charge in [-0.15, -0.1) is 0 Å². The van der Waals surface area contributed by atoms with E-state index in [0.717, 1.165) is 24.2 Å². The number of fused-ring (bicyclic) bond motifs is 1. The number of aromatic amines is 1. The zero-order valence-electron chi connectivity index (χ0n) is 16.6. The predicted molar refractivity (Wildman–Crippen MR) is 111 cm³/mol. The molecule has 2 aromatic carbocycles. The van der Waals surface area contributed by atoms with Crippen LogP contribution in [0.2, 0.25) is 0 Å². The summed E-state index contributed by atoms with van der Waals surface area (Å²) in [7, 11) is 0. The lowest BCUT2D eigenvalue weighted by molar-refractivity contribution is -0.134. The van der Waals surface area contributed by atoms with Gasteiger partial charge in [0.05, 0.1) is 17.8 Å². The third-order valence-corrected chi connectivity index (χ3v) is 5.24. The number of nitrogens with zero attached hydrogens (tertiary/aromatic N) is 2. The van der Waals surface area contributed by atoms with Gasteiger partial charge in [-0.1, -0.05) is 43.7 Å². The second-order valence-corrected chi connectivity index (χ2v) is 7.29. The highest BCUT2D eigenvalue weighted by atomic mass is 16.5. The van der Waals surface area contributed by atoms with E-state index in [4.69, 9.17) is 4.74 Å². The van der Waals surface area contributed by atoms with Crippen LogP contribution >= 0.6 is 0 Å². The number of rotatable bonds is 6. The van der Waals surface area contributed by atoms with Crippen molar-refractivity contribution in [1.82, 2.24) is 14.7 Å². The average Bonchev–Trinajstić information content (AvgIpc) is 3.10. The molecule has 0 aliphatic carbocycles. The Hall–Kier alpha value is -3.28. The number of carbonyl (C=O) groups excluding carboxylic acids is 1. The number of para-hydroxylation sites is 1. The van der Waals surface area contributed by atoms with Crippen LogP contribution in [0.5, 0.6) is 5.75 Å². The SMILES string of the molecule is CCCc1ccc(OCC(=O)N2CCc3[nH]n(-c4ccccc4)c(=O)c3C2)cc1. The molecule has 0 radical (unpaired) electrons. The van der Waals surface area contributed by atoms with E-state index in [9.17, 15) is 9.59 Å². The van der Waals surface area contributed by atoms with Crippen molar-refractivity contribution in [3.8, 4) is 11.4 Å². The molecule has 1 aromatic heterocycles. The predicted octanol–water partition coefficient (Wildman–Crippen LogP) is 3.08. The minimum Gasteiger partial charge on any atom is -0.484 e. The molecule has 0 spiro atoms. The number of aromatic nitrogens is 2. The van der Waals surface area contributed by atoms with E-state index in [0.29, 0.717) is 30.8 Å². The summed E-state index contributed by atoms with van der Waals surface area (Å²) < 4.78 is 7.21. The van der Waals surface area contributed by atoms with Crippen molar-refractivity contribution in [2.75, 3.05) is 13.2 Å². The Balaban J connectivity index is 1.41. The molecular weight excluding hydrogens is 366 g/mol. The van der Waals surface area contributed by atoms with Crippen molar-refractivity contribution in [1.29, 1.82) is 0 Å². The third-order valence-electron chi connectivity index (χ3n) is 5.24. The van der Waals surface area contributed by atoms with Crippen molar-refractivity contribution in [2.24, 2.45) is 0 Å². The molecule has 1 aliphatic heterocycles. The van der Waals surface area contributed by atoms with E-state index in [1.54, 1.807) is 9.58 Å². The quantitative estimate of drug-likeness (QED) is 0.702. The Bertz CT molecular complexity index is 1040. The van der Waals surface area contributed by atoms with E-state index in [2.05, 4.69) is 12.0 Å². The highest BCUT2D eigenvalue weighted by molar-refractivity contribution is 5.78. The lowest BCUT2D eigenvalue weighted by atomic mass is 10.1. The minimum atomic E-state index is -0.111. The fraction of sp³-hybridized carbons (Fsp3) is 0.304. The van der Waals surface area contributed by atoms with E-state index in [1.807, 2.05) is 54.6 Å². The Morgan fingerprint density at radius 2 is 1.86 bits per heavy atom. The maximum atomic E-state index is 12.8. The van der Waals surface area contributed by atoms with Crippen molar-refractivity contribution in [2.45, 2.75) is 32.7 Å². The van der Waals surface area contributed by atoms with Crippen molar-refractivity contribution >= 4 is 5.91 Å². The number of amides is 1. The molecule has 0 unspecified atom stereocenters. The van der Waals surface area contributed by atoms with Crippen molar-refractivity contribution in [3.05, 3.63) is 81.8 Å². The Labute approximate surface area is 169 Å². The summed E-state index contributed by atoms with van der Waals surface area (Å²) in [6.07, 6.45) is 2.76. The van der Waals surface area contributed by atoms with Gasteiger partial charge in [0, 0.05) is 18.7 Å². The maximum absolute atomic E-state index is 12.8. The Kier molecular flexibility index (Phi) is 5.51. The number of carbonyl (C=O) groups is 1. The highest BCUT2D eigenvalue weighted by Crippen LogP contribution is 2.17.